The second-order valence-electron chi connectivity index (χ2n) is 4.28. The number of rotatable bonds is 3. The molecular formula is C13H14ClF2N. The molecule has 1 unspecified atom stereocenters. The predicted octanol–water partition coefficient (Wildman–Crippen LogP) is 4.39. The van der Waals surface area contributed by atoms with E-state index in [9.17, 15) is 8.78 Å². The number of halogens is 3. The number of allylic oxidation sites excluding steroid dienone is 2. The van der Waals surface area contributed by atoms with Gasteiger partial charge in [0.05, 0.1) is 10.7 Å². The molecule has 0 aromatic heterocycles. The Labute approximate surface area is 104 Å². The maximum absolute atomic E-state index is 13.5. The summed E-state index contributed by atoms with van der Waals surface area (Å²) in [4.78, 5) is 0. The number of hydrogen-bond donors (Lipinski definition) is 1. The molecule has 0 heterocycles. The first kappa shape index (κ1) is 12.4. The van der Waals surface area contributed by atoms with Crippen molar-refractivity contribution in [3.05, 3.63) is 40.9 Å². The molecule has 0 saturated carbocycles. The van der Waals surface area contributed by atoms with E-state index in [-0.39, 0.29) is 10.7 Å². The highest BCUT2D eigenvalue weighted by molar-refractivity contribution is 6.33. The highest BCUT2D eigenvalue weighted by Crippen LogP contribution is 2.27. The zero-order chi connectivity index (χ0) is 12.3. The molecule has 0 aliphatic heterocycles. The molecule has 0 amide bonds. The second kappa shape index (κ2) is 5.50. The summed E-state index contributed by atoms with van der Waals surface area (Å²) >= 11 is 5.80. The summed E-state index contributed by atoms with van der Waals surface area (Å²) in [6.07, 6.45) is 7.43. The molecule has 0 spiro atoms. The van der Waals surface area contributed by atoms with E-state index in [2.05, 4.69) is 17.5 Å². The summed E-state index contributed by atoms with van der Waals surface area (Å²) in [5.41, 5.74) is 0.197. The topological polar surface area (TPSA) is 12.0 Å². The highest BCUT2D eigenvalue weighted by atomic mass is 35.5. The lowest BCUT2D eigenvalue weighted by molar-refractivity contribution is 0.502. The zero-order valence-corrected chi connectivity index (χ0v) is 10.1. The molecule has 2 rings (SSSR count). The van der Waals surface area contributed by atoms with Crippen LogP contribution in [0, 0.1) is 17.6 Å². The summed E-state index contributed by atoms with van der Waals surface area (Å²) in [6, 6.07) is 1.96. The van der Waals surface area contributed by atoms with Gasteiger partial charge in [-0.25, -0.2) is 8.78 Å². The SMILES string of the molecule is Fc1cc(F)c(NCC2CC=CCC2)c(Cl)c1. The minimum atomic E-state index is -0.654. The molecule has 92 valence electrons. The Kier molecular flexibility index (Phi) is 4.00. The van der Waals surface area contributed by atoms with Crippen LogP contribution >= 0.6 is 11.6 Å². The molecule has 1 aromatic carbocycles. The van der Waals surface area contributed by atoms with Gasteiger partial charge in [0.15, 0.2) is 5.82 Å². The third-order valence-electron chi connectivity index (χ3n) is 2.95. The summed E-state index contributed by atoms with van der Waals surface area (Å²) < 4.78 is 26.3. The van der Waals surface area contributed by atoms with Crippen molar-refractivity contribution in [3.8, 4) is 0 Å². The van der Waals surface area contributed by atoms with Gasteiger partial charge in [0.1, 0.15) is 5.82 Å². The van der Waals surface area contributed by atoms with Crippen LogP contribution in [0.1, 0.15) is 19.3 Å². The lowest BCUT2D eigenvalue weighted by Gasteiger charge is -2.19. The molecule has 0 bridgehead atoms. The van der Waals surface area contributed by atoms with Gasteiger partial charge in [-0.15, -0.1) is 0 Å². The lowest BCUT2D eigenvalue weighted by Crippen LogP contribution is -2.16. The Morgan fingerprint density at radius 3 is 2.76 bits per heavy atom. The average Bonchev–Trinajstić information content (AvgIpc) is 2.29. The maximum atomic E-state index is 13.5. The van der Waals surface area contributed by atoms with Crippen LogP contribution in [0.25, 0.3) is 0 Å². The molecule has 17 heavy (non-hydrogen) atoms. The van der Waals surface area contributed by atoms with Crippen molar-refractivity contribution in [1.29, 1.82) is 0 Å². The Morgan fingerprint density at radius 1 is 1.29 bits per heavy atom. The number of anilines is 1. The summed E-state index contributed by atoms with van der Waals surface area (Å²) in [5.74, 6) is -0.805. The van der Waals surface area contributed by atoms with Crippen molar-refractivity contribution >= 4 is 17.3 Å². The summed E-state index contributed by atoms with van der Waals surface area (Å²) in [5, 5.41) is 3.06. The second-order valence-corrected chi connectivity index (χ2v) is 4.68. The van der Waals surface area contributed by atoms with Gasteiger partial charge < -0.3 is 5.32 Å². The fourth-order valence-corrected chi connectivity index (χ4v) is 2.26. The Hall–Kier alpha value is -1.09. The van der Waals surface area contributed by atoms with E-state index in [1.807, 2.05) is 0 Å². The van der Waals surface area contributed by atoms with Crippen molar-refractivity contribution in [3.63, 3.8) is 0 Å². The van der Waals surface area contributed by atoms with Gasteiger partial charge in [-0.3, -0.25) is 0 Å². The van der Waals surface area contributed by atoms with Crippen LogP contribution in [0.3, 0.4) is 0 Å². The highest BCUT2D eigenvalue weighted by Gasteiger charge is 2.13. The third kappa shape index (κ3) is 3.19. The van der Waals surface area contributed by atoms with Gasteiger partial charge in [0.2, 0.25) is 0 Å². The average molecular weight is 258 g/mol. The van der Waals surface area contributed by atoms with Crippen LogP contribution in [0.15, 0.2) is 24.3 Å². The molecule has 1 N–H and O–H groups in total. The van der Waals surface area contributed by atoms with Crippen molar-refractivity contribution in [2.45, 2.75) is 19.3 Å². The van der Waals surface area contributed by atoms with E-state index in [1.165, 1.54) is 0 Å². The Morgan fingerprint density at radius 2 is 2.12 bits per heavy atom. The van der Waals surface area contributed by atoms with Crippen LogP contribution in [-0.4, -0.2) is 6.54 Å². The molecule has 0 radical (unpaired) electrons. The van der Waals surface area contributed by atoms with Gasteiger partial charge in [-0.2, -0.15) is 0 Å². The largest absolute Gasteiger partial charge is 0.381 e. The predicted molar refractivity (Wildman–Crippen MR) is 66.3 cm³/mol. The van der Waals surface area contributed by atoms with E-state index in [0.29, 0.717) is 12.5 Å². The van der Waals surface area contributed by atoms with Crippen LogP contribution < -0.4 is 5.32 Å². The maximum Gasteiger partial charge on any atom is 0.150 e. The van der Waals surface area contributed by atoms with Gasteiger partial charge in [-0.1, -0.05) is 23.8 Å². The minimum Gasteiger partial charge on any atom is -0.381 e. The molecule has 4 heteroatoms. The van der Waals surface area contributed by atoms with E-state index >= 15 is 0 Å². The molecule has 1 atom stereocenters. The lowest BCUT2D eigenvalue weighted by atomic mass is 9.94. The van der Waals surface area contributed by atoms with Gasteiger partial charge in [0, 0.05) is 12.6 Å². The first-order valence-electron chi connectivity index (χ1n) is 5.70. The van der Waals surface area contributed by atoms with Gasteiger partial charge >= 0.3 is 0 Å². The first-order valence-corrected chi connectivity index (χ1v) is 6.08. The normalized spacial score (nSPS) is 19.4. The summed E-state index contributed by atoms with van der Waals surface area (Å²) in [6.45, 7) is 0.659. The van der Waals surface area contributed by atoms with E-state index in [0.717, 1.165) is 31.4 Å². The fourth-order valence-electron chi connectivity index (χ4n) is 2.00. The number of hydrogen-bond acceptors (Lipinski definition) is 1. The Balaban J connectivity index is 2.01. The molecule has 1 aliphatic rings. The first-order chi connectivity index (χ1) is 8.16. The summed E-state index contributed by atoms with van der Waals surface area (Å²) in [7, 11) is 0. The van der Waals surface area contributed by atoms with Crippen LogP contribution in [0.2, 0.25) is 5.02 Å². The molecule has 0 fully saturated rings. The van der Waals surface area contributed by atoms with Crippen LogP contribution in [-0.2, 0) is 0 Å². The van der Waals surface area contributed by atoms with Gasteiger partial charge in [-0.05, 0) is 31.2 Å². The molecule has 0 saturated heterocycles. The van der Waals surface area contributed by atoms with Crippen molar-refractivity contribution in [2.24, 2.45) is 5.92 Å². The van der Waals surface area contributed by atoms with Crippen molar-refractivity contribution in [2.75, 3.05) is 11.9 Å². The van der Waals surface area contributed by atoms with Gasteiger partial charge in [0.25, 0.3) is 0 Å². The van der Waals surface area contributed by atoms with E-state index in [1.54, 1.807) is 0 Å². The monoisotopic (exact) mass is 257 g/mol. The van der Waals surface area contributed by atoms with E-state index in [4.69, 9.17) is 11.6 Å². The van der Waals surface area contributed by atoms with E-state index < -0.39 is 11.6 Å². The quantitative estimate of drug-likeness (QED) is 0.792. The molecular weight excluding hydrogens is 244 g/mol. The Bertz CT molecular complexity index is 408. The van der Waals surface area contributed by atoms with Crippen LogP contribution in [0.4, 0.5) is 14.5 Å². The molecule has 1 nitrogen and oxygen atoms in total. The standard InChI is InChI=1S/C13H14ClF2N/c14-11-6-10(15)7-12(16)13(11)17-8-9-4-2-1-3-5-9/h1-2,6-7,9,17H,3-5,8H2. The minimum absolute atomic E-state index is 0.0915. The number of nitrogens with one attached hydrogen (secondary N) is 1. The fraction of sp³-hybridized carbons (Fsp3) is 0.385. The smallest absolute Gasteiger partial charge is 0.150 e. The number of benzene rings is 1. The zero-order valence-electron chi connectivity index (χ0n) is 9.35. The molecule has 1 aliphatic carbocycles. The third-order valence-corrected chi connectivity index (χ3v) is 3.25. The van der Waals surface area contributed by atoms with Crippen molar-refractivity contribution in [1.82, 2.24) is 0 Å². The van der Waals surface area contributed by atoms with Crippen LogP contribution in [0.5, 0.6) is 0 Å². The molecule has 1 aromatic rings. The van der Waals surface area contributed by atoms with Crippen molar-refractivity contribution < 1.29 is 8.78 Å².